The summed E-state index contributed by atoms with van der Waals surface area (Å²) in [6.07, 6.45) is 0.652. The van der Waals surface area contributed by atoms with Crippen molar-refractivity contribution in [2.45, 2.75) is 39.5 Å². The number of carbonyl (C=O) groups is 2. The number of aliphatic carboxylic acids is 1. The van der Waals surface area contributed by atoms with Gasteiger partial charge in [-0.15, -0.1) is 0 Å². The van der Waals surface area contributed by atoms with Crippen LogP contribution in [0.2, 0.25) is 5.02 Å². The molecule has 0 fully saturated rings. The summed E-state index contributed by atoms with van der Waals surface area (Å²) in [4.78, 5) is 25.8. The molecule has 6 heteroatoms. The summed E-state index contributed by atoms with van der Waals surface area (Å²) >= 11 is 5.94. The summed E-state index contributed by atoms with van der Waals surface area (Å²) in [5, 5.41) is 21.3. The number of hydrogen-bond donors (Lipinski definition) is 2. The van der Waals surface area contributed by atoms with Crippen LogP contribution in [0, 0.1) is 12.8 Å². The van der Waals surface area contributed by atoms with Crippen molar-refractivity contribution in [2.24, 2.45) is 5.92 Å². The molecule has 1 heterocycles. The molecule has 3 rings (SSSR count). The number of rotatable bonds is 5. The molecule has 0 bridgehead atoms. The summed E-state index contributed by atoms with van der Waals surface area (Å²) < 4.78 is 1.52. The Bertz CT molecular complexity index is 1100. The van der Waals surface area contributed by atoms with Crippen LogP contribution < -0.4 is 0 Å². The van der Waals surface area contributed by atoms with Gasteiger partial charge in [-0.1, -0.05) is 31.9 Å². The summed E-state index contributed by atoms with van der Waals surface area (Å²) in [6, 6.07) is 11.2. The molecule has 29 heavy (non-hydrogen) atoms. The van der Waals surface area contributed by atoms with Crippen LogP contribution in [0.25, 0.3) is 10.9 Å². The number of aromatic nitrogens is 1. The van der Waals surface area contributed by atoms with Gasteiger partial charge >= 0.3 is 5.97 Å². The average molecular weight is 414 g/mol. The fourth-order valence-electron chi connectivity index (χ4n) is 4.02. The molecular weight excluding hydrogens is 390 g/mol. The number of phenols is 1. The predicted octanol–water partition coefficient (Wildman–Crippen LogP) is 5.39. The molecule has 0 aliphatic heterocycles. The van der Waals surface area contributed by atoms with Gasteiger partial charge in [-0.25, -0.2) is 0 Å². The highest BCUT2D eigenvalue weighted by molar-refractivity contribution is 6.30. The summed E-state index contributed by atoms with van der Waals surface area (Å²) in [5.74, 6) is -1.41. The molecule has 0 amide bonds. The van der Waals surface area contributed by atoms with Gasteiger partial charge < -0.3 is 10.2 Å². The zero-order valence-corrected chi connectivity index (χ0v) is 17.6. The normalized spacial score (nSPS) is 14.5. The molecule has 0 spiro atoms. The van der Waals surface area contributed by atoms with Gasteiger partial charge in [-0.05, 0) is 67.8 Å². The monoisotopic (exact) mass is 413 g/mol. The van der Waals surface area contributed by atoms with E-state index in [1.54, 1.807) is 44.2 Å². The number of carbonyl (C=O) groups excluding carboxylic acids is 1. The zero-order valence-electron chi connectivity index (χ0n) is 16.9. The van der Waals surface area contributed by atoms with Crippen LogP contribution in [0.4, 0.5) is 0 Å². The fourth-order valence-corrected chi connectivity index (χ4v) is 4.14. The van der Waals surface area contributed by atoms with Gasteiger partial charge in [0.15, 0.2) is 0 Å². The zero-order chi connectivity index (χ0) is 21.5. The minimum atomic E-state index is -1.23. The smallest absolute Gasteiger partial charge is 0.314 e. The first-order valence-electron chi connectivity index (χ1n) is 9.51. The lowest BCUT2D eigenvalue weighted by atomic mass is 9.70. The average Bonchev–Trinajstić information content (AvgIpc) is 2.97. The molecule has 1 aromatic heterocycles. The van der Waals surface area contributed by atoms with E-state index in [1.165, 1.54) is 16.7 Å². The quantitative estimate of drug-likeness (QED) is 0.588. The third-order valence-electron chi connectivity index (χ3n) is 6.04. The second kappa shape index (κ2) is 7.56. The van der Waals surface area contributed by atoms with E-state index in [0.29, 0.717) is 39.2 Å². The Balaban J connectivity index is 2.37. The fraction of sp³-hybridized carbons (Fsp3) is 0.304. The van der Waals surface area contributed by atoms with E-state index in [9.17, 15) is 19.8 Å². The number of carboxylic acids is 1. The molecule has 2 aromatic carbocycles. The van der Waals surface area contributed by atoms with Crippen molar-refractivity contribution in [3.8, 4) is 5.75 Å². The van der Waals surface area contributed by atoms with Gasteiger partial charge in [0.05, 0.1) is 10.9 Å². The molecule has 0 unspecified atom stereocenters. The largest absolute Gasteiger partial charge is 0.508 e. The summed E-state index contributed by atoms with van der Waals surface area (Å²) in [7, 11) is 0. The molecule has 0 aliphatic rings. The van der Waals surface area contributed by atoms with Crippen LogP contribution in [0.3, 0.4) is 0 Å². The second-order valence-corrected chi connectivity index (χ2v) is 8.06. The predicted molar refractivity (Wildman–Crippen MR) is 114 cm³/mol. The van der Waals surface area contributed by atoms with Gasteiger partial charge in [-0.3, -0.25) is 14.2 Å². The van der Waals surface area contributed by atoms with Crippen LogP contribution in [-0.2, 0) is 10.2 Å². The van der Waals surface area contributed by atoms with Crippen molar-refractivity contribution in [2.75, 3.05) is 0 Å². The first kappa shape index (κ1) is 20.9. The number of aromatic hydroxyl groups is 1. The minimum absolute atomic E-state index is 0.0201. The third kappa shape index (κ3) is 3.29. The lowest BCUT2D eigenvalue weighted by molar-refractivity contribution is -0.145. The Kier molecular flexibility index (Phi) is 5.46. The Morgan fingerprint density at radius 3 is 2.34 bits per heavy atom. The standard InChI is InChI=1S/C23H24ClNO4/c1-5-13(2)23(4,22(28)29)20-14(3)25(19-11-10-17(26)12-18(19)20)21(27)15-6-8-16(24)9-7-15/h6-13,26H,5H2,1-4H3,(H,28,29)/t13-,23-/m1/s1. The maximum absolute atomic E-state index is 13.3. The number of nitrogens with zero attached hydrogens (tertiary/aromatic N) is 1. The van der Waals surface area contributed by atoms with Crippen LogP contribution in [-0.4, -0.2) is 26.7 Å². The lowest BCUT2D eigenvalue weighted by Crippen LogP contribution is -2.39. The van der Waals surface area contributed by atoms with Crippen LogP contribution in [0.15, 0.2) is 42.5 Å². The molecule has 0 radical (unpaired) electrons. The van der Waals surface area contributed by atoms with Gasteiger partial charge in [0.25, 0.3) is 5.91 Å². The van der Waals surface area contributed by atoms with Crippen LogP contribution in [0.5, 0.6) is 5.75 Å². The van der Waals surface area contributed by atoms with Crippen molar-refractivity contribution in [1.29, 1.82) is 0 Å². The number of halogens is 1. The van der Waals surface area contributed by atoms with Gasteiger partial charge in [0.1, 0.15) is 5.75 Å². The molecule has 3 aromatic rings. The Labute approximate surface area is 174 Å². The highest BCUT2D eigenvalue weighted by Gasteiger charge is 2.44. The number of hydrogen-bond acceptors (Lipinski definition) is 3. The molecular formula is C23H24ClNO4. The van der Waals surface area contributed by atoms with Crippen LogP contribution in [0.1, 0.15) is 48.8 Å². The summed E-state index contributed by atoms with van der Waals surface area (Å²) in [5.41, 5.74) is 0.875. The van der Waals surface area contributed by atoms with Crippen molar-refractivity contribution in [3.63, 3.8) is 0 Å². The van der Waals surface area contributed by atoms with Crippen LogP contribution >= 0.6 is 11.6 Å². The first-order chi connectivity index (χ1) is 13.6. The van der Waals surface area contributed by atoms with Crippen molar-refractivity contribution in [3.05, 3.63) is 64.3 Å². The molecule has 2 N–H and O–H groups in total. The van der Waals surface area contributed by atoms with Crippen molar-refractivity contribution >= 4 is 34.4 Å². The lowest BCUT2D eigenvalue weighted by Gasteiger charge is -2.32. The van der Waals surface area contributed by atoms with Crippen molar-refractivity contribution < 1.29 is 19.8 Å². The maximum atomic E-state index is 13.3. The first-order valence-corrected chi connectivity index (χ1v) is 9.88. The summed E-state index contributed by atoms with van der Waals surface area (Å²) in [6.45, 7) is 7.27. The van der Waals surface area contributed by atoms with E-state index in [1.807, 2.05) is 13.8 Å². The number of carboxylic acid groups (broad SMARTS) is 1. The van der Waals surface area contributed by atoms with E-state index < -0.39 is 11.4 Å². The third-order valence-corrected chi connectivity index (χ3v) is 6.30. The highest BCUT2D eigenvalue weighted by atomic mass is 35.5. The minimum Gasteiger partial charge on any atom is -0.508 e. The Hall–Kier alpha value is -2.79. The van der Waals surface area contributed by atoms with E-state index in [2.05, 4.69) is 0 Å². The Morgan fingerprint density at radius 1 is 1.17 bits per heavy atom. The number of fused-ring (bicyclic) bond motifs is 1. The number of benzene rings is 2. The van der Waals surface area contributed by atoms with Crippen molar-refractivity contribution in [1.82, 2.24) is 4.57 Å². The molecule has 0 saturated carbocycles. The second-order valence-electron chi connectivity index (χ2n) is 7.63. The maximum Gasteiger partial charge on any atom is 0.314 e. The molecule has 0 aliphatic carbocycles. The van der Waals surface area contributed by atoms with Gasteiger partial charge in [0.2, 0.25) is 0 Å². The molecule has 152 valence electrons. The molecule has 2 atom stereocenters. The van der Waals surface area contributed by atoms with E-state index >= 15 is 0 Å². The highest BCUT2D eigenvalue weighted by Crippen LogP contribution is 2.43. The van der Waals surface area contributed by atoms with E-state index in [-0.39, 0.29) is 17.6 Å². The van der Waals surface area contributed by atoms with E-state index in [0.717, 1.165) is 0 Å². The SMILES string of the molecule is CC[C@@H](C)[C@@](C)(C(=O)O)c1c(C)n(C(=O)c2ccc(Cl)cc2)c2ccc(O)cc12. The number of phenolic OH excluding ortho intramolecular Hbond substituents is 1. The van der Waals surface area contributed by atoms with E-state index in [4.69, 9.17) is 11.6 Å². The van der Waals surface area contributed by atoms with Gasteiger partial charge in [-0.2, -0.15) is 0 Å². The Morgan fingerprint density at radius 2 is 1.79 bits per heavy atom. The molecule has 5 nitrogen and oxygen atoms in total. The molecule has 0 saturated heterocycles. The topological polar surface area (TPSA) is 79.5 Å². The van der Waals surface area contributed by atoms with Gasteiger partial charge in [0, 0.05) is 21.7 Å².